The number of carbonyl (C=O) groups is 4. The molecule has 1 saturated heterocycles. The van der Waals surface area contributed by atoms with E-state index >= 15 is 0 Å². The molecule has 0 bridgehead atoms. The smallest absolute Gasteiger partial charge is 0.334 e. The first-order valence-electron chi connectivity index (χ1n) is 9.84. The van der Waals surface area contributed by atoms with E-state index in [0.717, 1.165) is 11.9 Å². The van der Waals surface area contributed by atoms with Crippen LogP contribution >= 0.6 is 0 Å². The highest BCUT2D eigenvalue weighted by Crippen LogP contribution is 2.36. The summed E-state index contributed by atoms with van der Waals surface area (Å²) in [6.07, 6.45) is 4.65. The number of fused-ring (bicyclic) bond motifs is 1. The molecule has 4 atom stereocenters. The van der Waals surface area contributed by atoms with Gasteiger partial charge in [-0.25, -0.2) is 4.79 Å². The van der Waals surface area contributed by atoms with E-state index in [1.165, 1.54) is 6.92 Å². The number of carbonyl (C=O) groups excluding carboxylic acids is 4. The number of aldehydes is 1. The third-order valence-electron chi connectivity index (χ3n) is 5.27. The minimum absolute atomic E-state index is 0.0597. The van der Waals surface area contributed by atoms with Crippen molar-refractivity contribution >= 4 is 24.2 Å². The zero-order valence-electron chi connectivity index (χ0n) is 17.1. The van der Waals surface area contributed by atoms with E-state index in [1.807, 2.05) is 6.92 Å². The Balaban J connectivity index is 2.41. The van der Waals surface area contributed by atoms with Gasteiger partial charge in [0, 0.05) is 18.9 Å². The third kappa shape index (κ3) is 5.89. The van der Waals surface area contributed by atoms with Crippen LogP contribution in [-0.4, -0.2) is 43.0 Å². The Kier molecular flexibility index (Phi) is 7.93. The lowest BCUT2D eigenvalue weighted by Gasteiger charge is -2.28. The molecule has 0 spiro atoms. The molecular weight excluding hydrogens is 376 g/mol. The summed E-state index contributed by atoms with van der Waals surface area (Å²) in [7, 11) is 0. The molecule has 2 aliphatic rings. The minimum Gasteiger partial charge on any atom is -0.461 e. The van der Waals surface area contributed by atoms with Crippen LogP contribution < -0.4 is 0 Å². The fourth-order valence-electron chi connectivity index (χ4n) is 3.34. The molecule has 1 fully saturated rings. The molecule has 0 aromatic heterocycles. The van der Waals surface area contributed by atoms with Crippen molar-refractivity contribution < 1.29 is 33.4 Å². The van der Waals surface area contributed by atoms with Crippen molar-refractivity contribution in [1.82, 2.24) is 0 Å². The van der Waals surface area contributed by atoms with E-state index in [4.69, 9.17) is 14.2 Å². The van der Waals surface area contributed by atoms with E-state index < -0.39 is 36.0 Å². The van der Waals surface area contributed by atoms with Gasteiger partial charge in [-0.2, -0.15) is 0 Å². The molecule has 0 amide bonds. The van der Waals surface area contributed by atoms with E-state index in [2.05, 4.69) is 6.58 Å². The average Bonchev–Trinajstić information content (AvgIpc) is 2.96. The Labute approximate surface area is 170 Å². The van der Waals surface area contributed by atoms with Crippen molar-refractivity contribution in [3.63, 3.8) is 0 Å². The van der Waals surface area contributed by atoms with Crippen molar-refractivity contribution in [2.45, 2.75) is 58.7 Å². The zero-order chi connectivity index (χ0) is 21.6. The predicted octanol–water partition coefficient (Wildman–Crippen LogP) is 2.84. The summed E-state index contributed by atoms with van der Waals surface area (Å²) in [5.41, 5.74) is 1.44. The molecule has 4 unspecified atom stereocenters. The maximum absolute atomic E-state index is 12.4. The van der Waals surface area contributed by atoms with E-state index in [9.17, 15) is 19.2 Å². The number of rotatable bonds is 6. The summed E-state index contributed by atoms with van der Waals surface area (Å²) in [4.78, 5) is 47.4. The second-order valence-electron chi connectivity index (χ2n) is 7.45. The molecule has 158 valence electrons. The lowest BCUT2D eigenvalue weighted by Crippen LogP contribution is -2.35. The summed E-state index contributed by atoms with van der Waals surface area (Å²) >= 11 is 0. The summed E-state index contributed by atoms with van der Waals surface area (Å²) in [6.45, 7) is 8.85. The van der Waals surface area contributed by atoms with Crippen LogP contribution in [0.2, 0.25) is 0 Å². The second kappa shape index (κ2) is 10.2. The maximum Gasteiger partial charge on any atom is 0.334 e. The second-order valence-corrected chi connectivity index (χ2v) is 7.45. The molecule has 2 rings (SSSR count). The molecule has 1 heterocycles. The van der Waals surface area contributed by atoms with Gasteiger partial charge < -0.3 is 14.2 Å². The van der Waals surface area contributed by atoms with Crippen LogP contribution in [0.1, 0.15) is 46.5 Å². The topological polar surface area (TPSA) is 96.0 Å². The standard InChI is InChI=1S/C22H28O7/c1-5-13(2)21(25)28-18-9-16(11-23)7-6-8-17(12-27-15(4)24)10-19-20(18)14(3)22(26)29-19/h7,10-11,13,18-20H,3,5-6,8-9,12H2,1-2,4H3/b16-7+,17-10?. The van der Waals surface area contributed by atoms with Gasteiger partial charge >= 0.3 is 17.9 Å². The van der Waals surface area contributed by atoms with Crippen LogP contribution in [0, 0.1) is 11.8 Å². The van der Waals surface area contributed by atoms with Gasteiger partial charge in [0.15, 0.2) is 0 Å². The molecule has 1 aliphatic carbocycles. The molecular formula is C22H28O7. The normalized spacial score (nSPS) is 27.5. The highest BCUT2D eigenvalue weighted by molar-refractivity contribution is 5.91. The monoisotopic (exact) mass is 404 g/mol. The van der Waals surface area contributed by atoms with Gasteiger partial charge in [-0.15, -0.1) is 0 Å². The SMILES string of the molecule is C=C1C(=O)OC2C=C(COC(C)=O)CC/C=C(/C=O)CC(OC(=O)C(C)CC)C12. The van der Waals surface area contributed by atoms with Crippen LogP contribution in [0.25, 0.3) is 0 Å². The molecule has 1 aliphatic heterocycles. The van der Waals surface area contributed by atoms with Crippen LogP contribution in [0.15, 0.2) is 35.5 Å². The number of hydrogen-bond acceptors (Lipinski definition) is 7. The fraction of sp³-hybridized carbons (Fsp3) is 0.545. The van der Waals surface area contributed by atoms with Gasteiger partial charge in [-0.1, -0.05) is 26.5 Å². The van der Waals surface area contributed by atoms with E-state index in [-0.39, 0.29) is 24.5 Å². The van der Waals surface area contributed by atoms with Gasteiger partial charge in [-0.3, -0.25) is 14.4 Å². The molecule has 0 aromatic rings. The first-order valence-corrected chi connectivity index (χ1v) is 9.84. The average molecular weight is 404 g/mol. The van der Waals surface area contributed by atoms with Crippen molar-refractivity contribution in [1.29, 1.82) is 0 Å². The van der Waals surface area contributed by atoms with Crippen LogP contribution in [0.4, 0.5) is 0 Å². The van der Waals surface area contributed by atoms with Gasteiger partial charge in [0.1, 0.15) is 25.1 Å². The van der Waals surface area contributed by atoms with Crippen molar-refractivity contribution in [2.75, 3.05) is 6.61 Å². The van der Waals surface area contributed by atoms with Gasteiger partial charge in [0.2, 0.25) is 0 Å². The maximum atomic E-state index is 12.4. The van der Waals surface area contributed by atoms with E-state index in [0.29, 0.717) is 24.8 Å². The quantitative estimate of drug-likeness (QED) is 0.221. The predicted molar refractivity (Wildman–Crippen MR) is 105 cm³/mol. The molecule has 29 heavy (non-hydrogen) atoms. The molecule has 7 nitrogen and oxygen atoms in total. The molecule has 0 aromatic carbocycles. The Morgan fingerprint density at radius 2 is 2.14 bits per heavy atom. The van der Waals surface area contributed by atoms with Gasteiger partial charge in [0.05, 0.1) is 11.8 Å². The number of allylic oxidation sites excluding steroid dienone is 1. The van der Waals surface area contributed by atoms with Crippen LogP contribution in [0.3, 0.4) is 0 Å². The lowest BCUT2D eigenvalue weighted by molar-refractivity contribution is -0.156. The summed E-state index contributed by atoms with van der Waals surface area (Å²) < 4.78 is 16.3. The largest absolute Gasteiger partial charge is 0.461 e. The highest BCUT2D eigenvalue weighted by Gasteiger charge is 2.45. The first-order chi connectivity index (χ1) is 13.8. The van der Waals surface area contributed by atoms with Crippen LogP contribution in [-0.2, 0) is 33.4 Å². The Bertz CT molecular complexity index is 746. The first kappa shape index (κ1) is 22.6. The third-order valence-corrected chi connectivity index (χ3v) is 5.27. The molecule has 0 saturated carbocycles. The molecule has 7 heteroatoms. The Morgan fingerprint density at radius 1 is 1.41 bits per heavy atom. The summed E-state index contributed by atoms with van der Waals surface area (Å²) in [5, 5.41) is 0. The minimum atomic E-state index is -0.763. The van der Waals surface area contributed by atoms with Gasteiger partial charge in [0.25, 0.3) is 0 Å². The number of esters is 3. The van der Waals surface area contributed by atoms with Crippen molar-refractivity contribution in [3.05, 3.63) is 35.5 Å². The number of ether oxygens (including phenoxy) is 3. The van der Waals surface area contributed by atoms with E-state index in [1.54, 1.807) is 19.1 Å². The molecule has 0 N–H and O–H groups in total. The fourth-order valence-corrected chi connectivity index (χ4v) is 3.34. The Morgan fingerprint density at radius 3 is 2.76 bits per heavy atom. The zero-order valence-corrected chi connectivity index (χ0v) is 17.1. The van der Waals surface area contributed by atoms with Crippen molar-refractivity contribution in [3.8, 4) is 0 Å². The van der Waals surface area contributed by atoms with Gasteiger partial charge in [-0.05, 0) is 36.5 Å². The Hall–Kier alpha value is -2.70. The lowest BCUT2D eigenvalue weighted by atomic mass is 9.85. The van der Waals surface area contributed by atoms with Crippen LogP contribution in [0.5, 0.6) is 0 Å². The number of hydrogen-bond donors (Lipinski definition) is 0. The highest BCUT2D eigenvalue weighted by atomic mass is 16.6. The van der Waals surface area contributed by atoms with Crippen molar-refractivity contribution in [2.24, 2.45) is 11.8 Å². The summed E-state index contributed by atoms with van der Waals surface area (Å²) in [5.74, 6) is -2.31. The summed E-state index contributed by atoms with van der Waals surface area (Å²) in [6, 6.07) is 0. The molecule has 0 radical (unpaired) electrons.